The zero-order chi connectivity index (χ0) is 31.2. The summed E-state index contributed by atoms with van der Waals surface area (Å²) in [6.45, 7) is 8.36. The number of ether oxygens (including phenoxy) is 4. The lowest BCUT2D eigenvalue weighted by atomic mass is 9.92. The van der Waals surface area contributed by atoms with E-state index in [0.717, 1.165) is 12.0 Å². The number of carbonyl (C=O) groups is 2. The number of guanidine groups is 1. The van der Waals surface area contributed by atoms with E-state index in [-0.39, 0.29) is 30.7 Å². The topological polar surface area (TPSA) is 173 Å². The van der Waals surface area contributed by atoms with Crippen LogP contribution in [0.2, 0.25) is 0 Å². The second kappa shape index (κ2) is 11.3. The van der Waals surface area contributed by atoms with E-state index in [1.54, 1.807) is 39.1 Å². The molecule has 0 saturated carbocycles. The van der Waals surface area contributed by atoms with E-state index >= 15 is 0 Å². The number of hydrogen-bond acceptors (Lipinski definition) is 13. The third-order valence-corrected chi connectivity index (χ3v) is 7.62. The van der Waals surface area contributed by atoms with Crippen molar-refractivity contribution in [2.75, 3.05) is 26.4 Å². The summed E-state index contributed by atoms with van der Waals surface area (Å²) >= 11 is 0. The Bertz CT molecular complexity index is 1580. The first kappa shape index (κ1) is 29.2. The van der Waals surface area contributed by atoms with Crippen LogP contribution in [0.5, 0.6) is 17.2 Å². The standard InChI is InChI=1S/C30H35N7O7/c1-5-11-42-24-17-13-21(30(3,4)40)44-18(17)14-19-22(24)16(12-20(43-19)27(39)41-6-2)7-9-36-10-8-32-29(36)37-15-33-23-25(37)34-28(31)35-26(23)38/h7-8,10,12,14,21,29,32,40H,5-6,9,11,13,15H2,1-4H3,(H2,31,35,38). The van der Waals surface area contributed by atoms with Gasteiger partial charge in [-0.25, -0.2) is 4.79 Å². The predicted octanol–water partition coefficient (Wildman–Crippen LogP) is 1.40. The van der Waals surface area contributed by atoms with Gasteiger partial charge in [-0.1, -0.05) is 13.0 Å². The van der Waals surface area contributed by atoms with Crippen molar-refractivity contribution >= 4 is 35.0 Å². The Labute approximate surface area is 254 Å². The van der Waals surface area contributed by atoms with E-state index in [2.05, 4.69) is 20.3 Å². The number of amidine groups is 1. The first-order valence-electron chi connectivity index (χ1n) is 14.5. The predicted molar refractivity (Wildman–Crippen MR) is 161 cm³/mol. The van der Waals surface area contributed by atoms with Gasteiger partial charge in [-0.3, -0.25) is 14.7 Å². The number of aliphatic imine (C=N–C) groups is 3. The van der Waals surface area contributed by atoms with Crippen molar-refractivity contribution < 1.29 is 33.6 Å². The number of allylic oxidation sites excluding steroid dienone is 2. The molecule has 5 heterocycles. The van der Waals surface area contributed by atoms with Crippen LogP contribution in [0.3, 0.4) is 0 Å². The maximum absolute atomic E-state index is 12.9. The second-order valence-corrected chi connectivity index (χ2v) is 11.2. The number of fused-ring (bicyclic) bond motifs is 3. The number of rotatable bonds is 9. The average molecular weight is 606 g/mol. The fourth-order valence-corrected chi connectivity index (χ4v) is 5.49. The molecule has 14 nitrogen and oxygen atoms in total. The van der Waals surface area contributed by atoms with Gasteiger partial charge in [0.25, 0.3) is 0 Å². The summed E-state index contributed by atoms with van der Waals surface area (Å²) in [5.41, 5.74) is 7.04. The Morgan fingerprint density at radius 3 is 2.86 bits per heavy atom. The molecule has 44 heavy (non-hydrogen) atoms. The minimum Gasteiger partial charge on any atom is -0.492 e. The number of carbonyl (C=O) groups excluding carboxylic acids is 2. The highest BCUT2D eigenvalue weighted by Crippen LogP contribution is 2.50. The molecule has 1 amide bonds. The van der Waals surface area contributed by atoms with Gasteiger partial charge in [-0.05, 0) is 38.8 Å². The molecule has 0 spiro atoms. The molecule has 232 valence electrons. The van der Waals surface area contributed by atoms with Crippen LogP contribution in [0.15, 0.2) is 51.4 Å². The van der Waals surface area contributed by atoms with E-state index in [9.17, 15) is 14.7 Å². The lowest BCUT2D eigenvalue weighted by Gasteiger charge is -2.33. The highest BCUT2D eigenvalue weighted by molar-refractivity contribution is 6.69. The van der Waals surface area contributed by atoms with Crippen LogP contribution >= 0.6 is 0 Å². The lowest BCUT2D eigenvalue weighted by Crippen LogP contribution is -2.53. The largest absolute Gasteiger partial charge is 0.492 e. The molecule has 0 saturated heterocycles. The van der Waals surface area contributed by atoms with Crippen LogP contribution in [-0.2, 0) is 20.7 Å². The van der Waals surface area contributed by atoms with Crippen molar-refractivity contribution in [1.29, 1.82) is 0 Å². The Balaban J connectivity index is 1.36. The number of hydrogen-bond donors (Lipinski definition) is 3. The zero-order valence-electron chi connectivity index (χ0n) is 25.0. The molecular formula is C30H35N7O7. The van der Waals surface area contributed by atoms with Gasteiger partial charge in [0.15, 0.2) is 17.8 Å². The van der Waals surface area contributed by atoms with E-state index in [0.29, 0.717) is 53.8 Å². The van der Waals surface area contributed by atoms with E-state index in [1.807, 2.05) is 29.0 Å². The van der Waals surface area contributed by atoms with Crippen LogP contribution in [-0.4, -0.2) is 88.7 Å². The summed E-state index contributed by atoms with van der Waals surface area (Å²) in [6.07, 6.45) is 7.57. The number of benzene rings is 1. The summed E-state index contributed by atoms with van der Waals surface area (Å²) in [5.74, 6) is 0.656. The van der Waals surface area contributed by atoms with Crippen LogP contribution in [0.4, 0.5) is 0 Å². The summed E-state index contributed by atoms with van der Waals surface area (Å²) in [7, 11) is 0. The van der Waals surface area contributed by atoms with Gasteiger partial charge in [0.1, 0.15) is 30.0 Å². The van der Waals surface area contributed by atoms with Gasteiger partial charge in [-0.2, -0.15) is 9.98 Å². The minimum atomic E-state index is -1.09. The second-order valence-electron chi connectivity index (χ2n) is 11.2. The number of nitrogens with two attached hydrogens (primary N) is 1. The van der Waals surface area contributed by atoms with Crippen LogP contribution in [0.1, 0.15) is 45.2 Å². The number of nitrogens with zero attached hydrogens (tertiary/aromatic N) is 5. The van der Waals surface area contributed by atoms with Crippen molar-refractivity contribution in [3.8, 4) is 17.2 Å². The molecule has 0 aromatic heterocycles. The Hall–Kier alpha value is -4.85. The highest BCUT2D eigenvalue weighted by Gasteiger charge is 2.41. The van der Waals surface area contributed by atoms with Crippen molar-refractivity contribution in [2.24, 2.45) is 20.7 Å². The van der Waals surface area contributed by atoms with Crippen molar-refractivity contribution in [1.82, 2.24) is 15.1 Å². The van der Waals surface area contributed by atoms with Gasteiger partial charge in [0.05, 0.1) is 24.4 Å². The normalized spacial score (nSPS) is 22.7. The molecule has 14 heteroatoms. The van der Waals surface area contributed by atoms with Crippen LogP contribution in [0, 0.1) is 0 Å². The zero-order valence-corrected chi connectivity index (χ0v) is 25.0. The molecule has 0 bridgehead atoms. The molecule has 5 aliphatic rings. The Morgan fingerprint density at radius 1 is 1.30 bits per heavy atom. The average Bonchev–Trinajstić information content (AvgIpc) is 3.72. The Kier molecular flexibility index (Phi) is 7.53. The monoisotopic (exact) mass is 605 g/mol. The molecular weight excluding hydrogens is 570 g/mol. The van der Waals surface area contributed by atoms with E-state index in [1.165, 1.54) is 0 Å². The van der Waals surface area contributed by atoms with Crippen molar-refractivity contribution in [2.45, 2.75) is 58.5 Å². The van der Waals surface area contributed by atoms with Gasteiger partial charge < -0.3 is 40.0 Å². The van der Waals surface area contributed by atoms with Gasteiger partial charge >= 0.3 is 11.9 Å². The summed E-state index contributed by atoms with van der Waals surface area (Å²) in [4.78, 5) is 41.3. The van der Waals surface area contributed by atoms with Crippen molar-refractivity contribution in [3.05, 3.63) is 47.5 Å². The molecule has 0 fully saturated rings. The van der Waals surface area contributed by atoms with E-state index in [4.69, 9.17) is 24.7 Å². The highest BCUT2D eigenvalue weighted by atomic mass is 16.6. The van der Waals surface area contributed by atoms with E-state index < -0.39 is 29.9 Å². The molecule has 2 atom stereocenters. The number of aliphatic hydroxyl groups is 1. The van der Waals surface area contributed by atoms with Gasteiger partial charge in [-0.15, -0.1) is 0 Å². The third kappa shape index (κ3) is 5.25. The van der Waals surface area contributed by atoms with Crippen molar-refractivity contribution in [3.63, 3.8) is 0 Å². The SMILES string of the molecule is CCCOc1c2c(cc3c1C(=CCN1C=CNC1N1CN=C4C(=O)N=C(N)N=C41)C=C(C(=O)OCC)O3)OC(C(C)(C)O)C2. The molecule has 0 aliphatic carbocycles. The molecule has 1 aromatic carbocycles. The molecule has 0 radical (unpaired) electrons. The molecule has 4 N–H and O–H groups in total. The van der Waals surface area contributed by atoms with Gasteiger partial charge in [0, 0.05) is 37.0 Å². The quantitative estimate of drug-likeness (QED) is 0.347. The minimum absolute atomic E-state index is 0.0260. The first-order valence-corrected chi connectivity index (χ1v) is 14.5. The van der Waals surface area contributed by atoms with Gasteiger partial charge in [0.2, 0.25) is 11.7 Å². The van der Waals surface area contributed by atoms with Crippen LogP contribution < -0.4 is 25.3 Å². The summed E-state index contributed by atoms with van der Waals surface area (Å²) < 4.78 is 23.8. The molecule has 5 aliphatic heterocycles. The number of amides is 1. The molecule has 1 aromatic rings. The fourth-order valence-electron chi connectivity index (χ4n) is 5.49. The van der Waals surface area contributed by atoms with Crippen LogP contribution in [0.25, 0.3) is 5.57 Å². The number of esters is 1. The Morgan fingerprint density at radius 2 is 2.11 bits per heavy atom. The summed E-state index contributed by atoms with van der Waals surface area (Å²) in [6, 6.07) is 1.74. The molecule has 6 rings (SSSR count). The first-order chi connectivity index (χ1) is 21.1. The third-order valence-electron chi connectivity index (χ3n) is 7.62. The maximum Gasteiger partial charge on any atom is 0.374 e. The lowest BCUT2D eigenvalue weighted by molar-refractivity contribution is -0.141. The number of nitrogens with one attached hydrogen (secondary N) is 1. The summed E-state index contributed by atoms with van der Waals surface area (Å²) in [5, 5.41) is 14.0. The smallest absolute Gasteiger partial charge is 0.374 e. The maximum atomic E-state index is 12.9. The fraction of sp³-hybridized carbons (Fsp3) is 0.433. The molecule has 2 unspecified atom stereocenters.